The van der Waals surface area contributed by atoms with E-state index < -0.39 is 17.2 Å². The molecule has 0 bridgehead atoms. The zero-order valence-corrected chi connectivity index (χ0v) is 15.9. The van der Waals surface area contributed by atoms with Crippen molar-refractivity contribution in [3.05, 3.63) is 70.9 Å². The normalized spacial score (nSPS) is 11.3. The van der Waals surface area contributed by atoms with Crippen LogP contribution in [-0.2, 0) is 11.3 Å². The van der Waals surface area contributed by atoms with E-state index in [2.05, 4.69) is 10.5 Å². The van der Waals surface area contributed by atoms with Crippen LogP contribution >= 0.6 is 11.6 Å². The lowest BCUT2D eigenvalue weighted by atomic mass is 10.1. The van der Waals surface area contributed by atoms with E-state index in [0.717, 1.165) is 12.1 Å². The molecule has 0 fully saturated rings. The topological polar surface area (TPSA) is 64.4 Å². The number of hydrogen-bond acceptors (Lipinski definition) is 4. The van der Waals surface area contributed by atoms with Gasteiger partial charge in [-0.2, -0.15) is 0 Å². The second kappa shape index (κ2) is 7.98. The molecule has 0 aliphatic rings. The Morgan fingerprint density at radius 2 is 1.89 bits per heavy atom. The van der Waals surface area contributed by atoms with Gasteiger partial charge in [-0.3, -0.25) is 4.79 Å². The van der Waals surface area contributed by atoms with Crippen LogP contribution in [0.5, 0.6) is 5.75 Å². The Morgan fingerprint density at radius 3 is 2.57 bits per heavy atom. The fourth-order valence-corrected chi connectivity index (χ4v) is 2.56. The van der Waals surface area contributed by atoms with E-state index in [1.54, 1.807) is 38.1 Å². The van der Waals surface area contributed by atoms with E-state index in [1.165, 1.54) is 12.1 Å². The summed E-state index contributed by atoms with van der Waals surface area (Å²) in [5.74, 6) is -1.18. The van der Waals surface area contributed by atoms with Gasteiger partial charge in [0.1, 0.15) is 23.1 Å². The number of rotatable bonds is 6. The largest absolute Gasteiger partial charge is 0.478 e. The highest BCUT2D eigenvalue weighted by Crippen LogP contribution is 2.24. The molecule has 3 rings (SSSR count). The molecular weight excluding hydrogens is 390 g/mol. The molecule has 146 valence electrons. The summed E-state index contributed by atoms with van der Waals surface area (Å²) in [6, 6.07) is 11.3. The van der Waals surface area contributed by atoms with Crippen LogP contribution in [0.15, 0.2) is 53.1 Å². The first kappa shape index (κ1) is 19.8. The summed E-state index contributed by atoms with van der Waals surface area (Å²) in [5.41, 5.74) is -0.684. The van der Waals surface area contributed by atoms with Crippen LogP contribution in [0.1, 0.15) is 19.5 Å². The fraction of sp³-hybridized carbons (Fsp3) is 0.200. The van der Waals surface area contributed by atoms with Crippen molar-refractivity contribution in [1.82, 2.24) is 10.5 Å². The Kier molecular flexibility index (Phi) is 5.65. The van der Waals surface area contributed by atoms with Crippen LogP contribution in [0.25, 0.3) is 11.3 Å². The molecule has 1 amide bonds. The third-order valence-electron chi connectivity index (χ3n) is 3.92. The molecule has 0 spiro atoms. The molecule has 0 atom stereocenters. The number of aromatic nitrogens is 1. The molecule has 0 aliphatic carbocycles. The van der Waals surface area contributed by atoms with E-state index in [4.69, 9.17) is 20.9 Å². The summed E-state index contributed by atoms with van der Waals surface area (Å²) < 4.78 is 37.6. The standard InChI is InChI=1S/C20H17ClF2N2O3/c1-20(2,27-15-6-3-12(21)4-7-15)19(26)24-11-14-10-18(28-25-14)16-8-5-13(22)9-17(16)23/h3-10H,11H2,1-2H3,(H,24,26). The van der Waals surface area contributed by atoms with Crippen molar-refractivity contribution in [2.45, 2.75) is 26.0 Å². The molecule has 28 heavy (non-hydrogen) atoms. The third kappa shape index (κ3) is 4.67. The minimum absolute atomic E-state index is 0.0541. The van der Waals surface area contributed by atoms with Gasteiger partial charge in [0, 0.05) is 17.2 Å². The lowest BCUT2D eigenvalue weighted by Gasteiger charge is -2.25. The number of halogens is 3. The van der Waals surface area contributed by atoms with Gasteiger partial charge in [0.15, 0.2) is 11.4 Å². The number of ether oxygens (including phenoxy) is 1. The maximum atomic E-state index is 13.8. The fourth-order valence-electron chi connectivity index (χ4n) is 2.44. The molecule has 8 heteroatoms. The number of benzene rings is 2. The molecule has 0 aliphatic heterocycles. The lowest BCUT2D eigenvalue weighted by molar-refractivity contribution is -0.134. The van der Waals surface area contributed by atoms with Crippen LogP contribution in [0.2, 0.25) is 5.02 Å². The first-order chi connectivity index (χ1) is 13.2. The summed E-state index contributed by atoms with van der Waals surface area (Å²) in [6.07, 6.45) is 0. The number of carbonyl (C=O) groups is 1. The number of nitrogens with one attached hydrogen (secondary N) is 1. The van der Waals surface area contributed by atoms with Crippen molar-refractivity contribution in [3.63, 3.8) is 0 Å². The predicted octanol–water partition coefficient (Wildman–Crippen LogP) is 4.75. The summed E-state index contributed by atoms with van der Waals surface area (Å²) in [7, 11) is 0. The molecule has 0 saturated carbocycles. The van der Waals surface area contributed by atoms with Crippen LogP contribution in [0.3, 0.4) is 0 Å². The van der Waals surface area contributed by atoms with E-state index in [9.17, 15) is 13.6 Å². The second-order valence-electron chi connectivity index (χ2n) is 6.56. The van der Waals surface area contributed by atoms with Crippen molar-refractivity contribution in [3.8, 4) is 17.1 Å². The Hall–Kier alpha value is -2.93. The Balaban J connectivity index is 1.62. The van der Waals surface area contributed by atoms with Gasteiger partial charge in [0.05, 0.1) is 12.1 Å². The summed E-state index contributed by atoms with van der Waals surface area (Å²) in [5, 5.41) is 7.06. The molecule has 1 aromatic heterocycles. The zero-order valence-electron chi connectivity index (χ0n) is 15.1. The Morgan fingerprint density at radius 1 is 1.18 bits per heavy atom. The van der Waals surface area contributed by atoms with Gasteiger partial charge in [0.25, 0.3) is 5.91 Å². The van der Waals surface area contributed by atoms with Gasteiger partial charge in [-0.25, -0.2) is 8.78 Å². The Labute approximate surface area is 165 Å². The molecule has 3 aromatic rings. The average molecular weight is 407 g/mol. The molecule has 5 nitrogen and oxygen atoms in total. The van der Waals surface area contributed by atoms with Gasteiger partial charge in [-0.05, 0) is 50.2 Å². The van der Waals surface area contributed by atoms with E-state index in [1.807, 2.05) is 0 Å². The molecule has 2 aromatic carbocycles. The quantitative estimate of drug-likeness (QED) is 0.641. The third-order valence-corrected chi connectivity index (χ3v) is 4.17. The molecular formula is C20H17ClF2N2O3. The van der Waals surface area contributed by atoms with Crippen molar-refractivity contribution in [2.75, 3.05) is 0 Å². The van der Waals surface area contributed by atoms with Gasteiger partial charge in [0.2, 0.25) is 0 Å². The van der Waals surface area contributed by atoms with E-state index in [-0.39, 0.29) is 23.8 Å². The maximum absolute atomic E-state index is 13.8. The summed E-state index contributed by atoms with van der Waals surface area (Å²) >= 11 is 5.83. The number of nitrogens with zero attached hydrogens (tertiary/aromatic N) is 1. The molecule has 1 N–H and O–H groups in total. The van der Waals surface area contributed by atoms with Crippen LogP contribution in [-0.4, -0.2) is 16.7 Å². The van der Waals surface area contributed by atoms with Crippen LogP contribution < -0.4 is 10.1 Å². The minimum Gasteiger partial charge on any atom is -0.478 e. The summed E-state index contributed by atoms with van der Waals surface area (Å²) in [4.78, 5) is 12.5. The molecule has 1 heterocycles. The highest BCUT2D eigenvalue weighted by molar-refractivity contribution is 6.30. The predicted molar refractivity (Wildman–Crippen MR) is 99.9 cm³/mol. The number of carbonyl (C=O) groups excluding carboxylic acids is 1. The van der Waals surface area contributed by atoms with Crippen molar-refractivity contribution in [2.24, 2.45) is 0 Å². The van der Waals surface area contributed by atoms with Gasteiger partial charge in [-0.1, -0.05) is 16.8 Å². The monoisotopic (exact) mass is 406 g/mol. The van der Waals surface area contributed by atoms with Crippen LogP contribution in [0.4, 0.5) is 8.78 Å². The highest BCUT2D eigenvalue weighted by atomic mass is 35.5. The smallest absolute Gasteiger partial charge is 0.263 e. The van der Waals surface area contributed by atoms with Crippen molar-refractivity contribution in [1.29, 1.82) is 0 Å². The molecule has 0 unspecified atom stereocenters. The zero-order chi connectivity index (χ0) is 20.3. The number of hydrogen-bond donors (Lipinski definition) is 1. The maximum Gasteiger partial charge on any atom is 0.263 e. The Bertz CT molecular complexity index is 987. The lowest BCUT2D eigenvalue weighted by Crippen LogP contribution is -2.46. The summed E-state index contributed by atoms with van der Waals surface area (Å²) in [6.45, 7) is 3.30. The van der Waals surface area contributed by atoms with Gasteiger partial charge < -0.3 is 14.6 Å². The minimum atomic E-state index is -1.15. The average Bonchev–Trinajstić information content (AvgIpc) is 3.10. The van der Waals surface area contributed by atoms with Gasteiger partial charge >= 0.3 is 0 Å². The van der Waals surface area contributed by atoms with Crippen LogP contribution in [0, 0.1) is 11.6 Å². The SMILES string of the molecule is CC(C)(Oc1ccc(Cl)cc1)C(=O)NCc1cc(-c2ccc(F)cc2F)on1. The van der Waals surface area contributed by atoms with Gasteiger partial charge in [-0.15, -0.1) is 0 Å². The van der Waals surface area contributed by atoms with Crippen molar-refractivity contribution < 1.29 is 22.8 Å². The second-order valence-corrected chi connectivity index (χ2v) is 6.99. The molecule has 0 saturated heterocycles. The van der Waals surface area contributed by atoms with E-state index in [0.29, 0.717) is 16.5 Å². The first-order valence-electron chi connectivity index (χ1n) is 8.38. The number of amides is 1. The van der Waals surface area contributed by atoms with Crippen molar-refractivity contribution >= 4 is 17.5 Å². The van der Waals surface area contributed by atoms with E-state index >= 15 is 0 Å². The highest BCUT2D eigenvalue weighted by Gasteiger charge is 2.30. The molecule has 0 radical (unpaired) electrons. The first-order valence-corrected chi connectivity index (χ1v) is 8.76.